The maximum Gasteiger partial charge on any atom is -0.0112 e. The Bertz CT molecular complexity index is 412. The molecule has 0 aliphatic heterocycles. The molecule has 1 saturated carbocycles. The average molecular weight is 272 g/mol. The smallest absolute Gasteiger partial charge is 0.0112 e. The number of fused-ring (bicyclic) bond motifs is 1. The molecule has 0 aromatic rings. The van der Waals surface area contributed by atoms with Crippen LogP contribution in [0.2, 0.25) is 0 Å². The first kappa shape index (κ1) is 15.6. The van der Waals surface area contributed by atoms with E-state index in [1.54, 1.807) is 5.57 Å². The normalized spacial score (nSPS) is 43.0. The lowest BCUT2D eigenvalue weighted by Gasteiger charge is -2.32. The van der Waals surface area contributed by atoms with Gasteiger partial charge in [0.25, 0.3) is 0 Å². The second-order valence-electron chi connectivity index (χ2n) is 7.61. The first-order chi connectivity index (χ1) is 9.42. The molecule has 0 aromatic carbocycles. The predicted octanol–water partition coefficient (Wildman–Crippen LogP) is 6.31. The molecule has 0 heteroatoms. The monoisotopic (exact) mass is 272 g/mol. The van der Waals surface area contributed by atoms with E-state index >= 15 is 0 Å². The maximum atomic E-state index is 4.27. The number of allylic oxidation sites excluding steroid dienone is 5. The molecule has 2 rings (SSSR count). The van der Waals surface area contributed by atoms with Crippen LogP contribution in [0.15, 0.2) is 36.0 Å². The van der Waals surface area contributed by atoms with Gasteiger partial charge in [-0.1, -0.05) is 49.8 Å². The zero-order chi connectivity index (χ0) is 14.8. The van der Waals surface area contributed by atoms with Gasteiger partial charge in [0.05, 0.1) is 0 Å². The first-order valence-corrected chi connectivity index (χ1v) is 8.43. The summed E-state index contributed by atoms with van der Waals surface area (Å²) in [4.78, 5) is 0. The average Bonchev–Trinajstić information content (AvgIpc) is 2.70. The molecule has 2 aliphatic rings. The summed E-state index contributed by atoms with van der Waals surface area (Å²) >= 11 is 0. The summed E-state index contributed by atoms with van der Waals surface area (Å²) in [6.07, 6.45) is 15.3. The molecular weight excluding hydrogens is 240 g/mol. The van der Waals surface area contributed by atoms with Crippen LogP contribution in [0, 0.1) is 23.2 Å². The van der Waals surface area contributed by atoms with Gasteiger partial charge >= 0.3 is 0 Å². The third-order valence-corrected chi connectivity index (χ3v) is 5.73. The van der Waals surface area contributed by atoms with E-state index < -0.39 is 0 Å². The molecular formula is C20H32. The molecule has 0 saturated heterocycles. The SMILES string of the molecule is C=C(C)[C@@H]1CC[C@]2(C)/C=C\[C@H](C)CC/C=C(/C)CC[C@@H]12. The van der Waals surface area contributed by atoms with E-state index in [2.05, 4.69) is 52.5 Å². The second-order valence-corrected chi connectivity index (χ2v) is 7.61. The number of rotatable bonds is 1. The summed E-state index contributed by atoms with van der Waals surface area (Å²) in [5.74, 6) is 2.22. The van der Waals surface area contributed by atoms with Crippen molar-refractivity contribution in [3.63, 3.8) is 0 Å². The van der Waals surface area contributed by atoms with Crippen LogP contribution in [0.25, 0.3) is 0 Å². The van der Waals surface area contributed by atoms with Gasteiger partial charge in [0, 0.05) is 0 Å². The molecule has 0 spiro atoms. The molecule has 0 radical (unpaired) electrons. The molecule has 0 unspecified atom stereocenters. The van der Waals surface area contributed by atoms with E-state index in [1.165, 1.54) is 44.1 Å². The Morgan fingerprint density at radius 2 is 2.05 bits per heavy atom. The highest BCUT2D eigenvalue weighted by Gasteiger charge is 2.43. The van der Waals surface area contributed by atoms with Crippen molar-refractivity contribution < 1.29 is 0 Å². The Balaban J connectivity index is 2.27. The fourth-order valence-electron chi connectivity index (χ4n) is 4.20. The summed E-state index contributed by atoms with van der Waals surface area (Å²) in [6, 6.07) is 0. The second kappa shape index (κ2) is 6.33. The van der Waals surface area contributed by atoms with Crippen molar-refractivity contribution in [1.29, 1.82) is 0 Å². The van der Waals surface area contributed by atoms with E-state index in [9.17, 15) is 0 Å². The van der Waals surface area contributed by atoms with Crippen LogP contribution >= 0.6 is 0 Å². The van der Waals surface area contributed by atoms with Crippen molar-refractivity contribution in [2.75, 3.05) is 0 Å². The predicted molar refractivity (Wildman–Crippen MR) is 89.7 cm³/mol. The third kappa shape index (κ3) is 3.45. The highest BCUT2D eigenvalue weighted by Crippen LogP contribution is 2.52. The van der Waals surface area contributed by atoms with Gasteiger partial charge in [-0.15, -0.1) is 0 Å². The molecule has 2 aliphatic carbocycles. The van der Waals surface area contributed by atoms with E-state index in [0.29, 0.717) is 11.3 Å². The van der Waals surface area contributed by atoms with Crippen molar-refractivity contribution >= 4 is 0 Å². The van der Waals surface area contributed by atoms with Crippen LogP contribution in [0.1, 0.15) is 66.2 Å². The zero-order valence-electron chi connectivity index (χ0n) is 13.9. The van der Waals surface area contributed by atoms with Crippen molar-refractivity contribution in [1.82, 2.24) is 0 Å². The molecule has 0 bridgehead atoms. The lowest BCUT2D eigenvalue weighted by molar-refractivity contribution is 0.254. The molecule has 0 amide bonds. The largest absolute Gasteiger partial charge is 0.0998 e. The van der Waals surface area contributed by atoms with Gasteiger partial charge < -0.3 is 0 Å². The van der Waals surface area contributed by atoms with Crippen LogP contribution in [0.5, 0.6) is 0 Å². The molecule has 0 aromatic heterocycles. The Morgan fingerprint density at radius 3 is 2.75 bits per heavy atom. The van der Waals surface area contributed by atoms with Gasteiger partial charge in [0.1, 0.15) is 0 Å². The maximum absolute atomic E-state index is 4.27. The minimum absolute atomic E-state index is 0.391. The number of hydrogen-bond donors (Lipinski definition) is 0. The van der Waals surface area contributed by atoms with Crippen LogP contribution in [-0.4, -0.2) is 0 Å². The van der Waals surface area contributed by atoms with Crippen molar-refractivity contribution in [2.45, 2.75) is 66.2 Å². The van der Waals surface area contributed by atoms with Gasteiger partial charge in [0.15, 0.2) is 0 Å². The topological polar surface area (TPSA) is 0 Å². The van der Waals surface area contributed by atoms with Gasteiger partial charge in [0.2, 0.25) is 0 Å². The van der Waals surface area contributed by atoms with E-state index in [1.807, 2.05) is 0 Å². The van der Waals surface area contributed by atoms with Crippen LogP contribution in [-0.2, 0) is 0 Å². The van der Waals surface area contributed by atoms with E-state index in [4.69, 9.17) is 0 Å². The zero-order valence-corrected chi connectivity index (χ0v) is 13.9. The molecule has 1 fully saturated rings. The lowest BCUT2D eigenvalue weighted by atomic mass is 9.72. The van der Waals surface area contributed by atoms with Gasteiger partial charge in [-0.3, -0.25) is 0 Å². The molecule has 0 nitrogen and oxygen atoms in total. The van der Waals surface area contributed by atoms with E-state index in [0.717, 1.165) is 11.8 Å². The van der Waals surface area contributed by atoms with Crippen molar-refractivity contribution in [3.8, 4) is 0 Å². The Hall–Kier alpha value is -0.780. The summed E-state index contributed by atoms with van der Waals surface area (Å²) in [5.41, 5.74) is 3.38. The standard InChI is InChI=1S/C20H32/c1-15(2)18-12-14-20(5)13-11-17(4)8-6-7-16(3)9-10-19(18)20/h7,11,13,17-19H,1,6,8-10,12,14H2,2-5H3/b13-11-,16-7-/t17-,18+,19+,20+/m1/s1. The summed E-state index contributed by atoms with van der Waals surface area (Å²) in [6.45, 7) is 13.7. The summed E-state index contributed by atoms with van der Waals surface area (Å²) in [5, 5.41) is 0. The molecule has 112 valence electrons. The Labute approximate surface area is 126 Å². The molecule has 4 atom stereocenters. The quantitative estimate of drug-likeness (QED) is 0.491. The Morgan fingerprint density at radius 1 is 1.30 bits per heavy atom. The highest BCUT2D eigenvalue weighted by molar-refractivity contribution is 5.15. The van der Waals surface area contributed by atoms with Crippen LogP contribution in [0.4, 0.5) is 0 Å². The lowest BCUT2D eigenvalue weighted by Crippen LogP contribution is -2.24. The van der Waals surface area contributed by atoms with Gasteiger partial charge in [-0.25, -0.2) is 0 Å². The highest BCUT2D eigenvalue weighted by atomic mass is 14.5. The van der Waals surface area contributed by atoms with Crippen molar-refractivity contribution in [3.05, 3.63) is 36.0 Å². The van der Waals surface area contributed by atoms with Gasteiger partial charge in [-0.05, 0) is 75.5 Å². The fraction of sp³-hybridized carbons (Fsp3) is 0.700. The molecule has 0 N–H and O–H groups in total. The van der Waals surface area contributed by atoms with Crippen LogP contribution < -0.4 is 0 Å². The number of hydrogen-bond acceptors (Lipinski definition) is 0. The fourth-order valence-corrected chi connectivity index (χ4v) is 4.20. The first-order valence-electron chi connectivity index (χ1n) is 8.43. The van der Waals surface area contributed by atoms with Crippen molar-refractivity contribution in [2.24, 2.45) is 23.2 Å². The molecule has 20 heavy (non-hydrogen) atoms. The third-order valence-electron chi connectivity index (χ3n) is 5.73. The van der Waals surface area contributed by atoms with Gasteiger partial charge in [-0.2, -0.15) is 0 Å². The molecule has 0 heterocycles. The summed E-state index contributed by atoms with van der Waals surface area (Å²) in [7, 11) is 0. The minimum atomic E-state index is 0.391. The van der Waals surface area contributed by atoms with E-state index in [-0.39, 0.29) is 0 Å². The minimum Gasteiger partial charge on any atom is -0.0998 e. The Kier molecular flexibility index (Phi) is 4.94. The summed E-state index contributed by atoms with van der Waals surface area (Å²) < 4.78 is 0. The van der Waals surface area contributed by atoms with Crippen LogP contribution in [0.3, 0.4) is 0 Å².